The standard InChI is InChI=1S/C10H9Cl2N5O2/c11-4-1-2-6(5(12)3-4)19-9-7(13)8(14)17(18)10(15)16-9/h1-3,15,18H,13-14H2. The predicted octanol–water partition coefficient (Wildman–Crippen LogP) is 1.86. The molecule has 0 unspecified atom stereocenters. The Kier molecular flexibility index (Phi) is 3.41. The van der Waals surface area contributed by atoms with Gasteiger partial charge in [0.05, 0.1) is 5.02 Å². The number of aromatic nitrogens is 2. The minimum atomic E-state index is -0.521. The normalized spacial score (nSPS) is 10.4. The molecular formula is C10H9Cl2N5O2. The first-order valence-corrected chi connectivity index (χ1v) is 5.70. The Bertz CT molecular complexity index is 701. The summed E-state index contributed by atoms with van der Waals surface area (Å²) >= 11 is 11.7. The van der Waals surface area contributed by atoms with E-state index in [9.17, 15) is 5.21 Å². The lowest BCUT2D eigenvalue weighted by Crippen LogP contribution is -2.25. The second kappa shape index (κ2) is 4.87. The number of nitrogens with one attached hydrogen (secondary N) is 1. The largest absolute Gasteiger partial charge is 0.435 e. The molecular weight excluding hydrogens is 293 g/mol. The van der Waals surface area contributed by atoms with Gasteiger partial charge >= 0.3 is 0 Å². The van der Waals surface area contributed by atoms with Gasteiger partial charge in [0.2, 0.25) is 5.88 Å². The predicted molar refractivity (Wildman–Crippen MR) is 70.6 cm³/mol. The molecule has 0 aliphatic carbocycles. The van der Waals surface area contributed by atoms with Crippen molar-refractivity contribution in [1.29, 1.82) is 5.41 Å². The third-order valence-corrected chi connectivity index (χ3v) is 2.77. The molecule has 9 heteroatoms. The molecule has 0 fully saturated rings. The van der Waals surface area contributed by atoms with Crippen LogP contribution < -0.4 is 21.8 Å². The monoisotopic (exact) mass is 301 g/mol. The van der Waals surface area contributed by atoms with E-state index in [-0.39, 0.29) is 28.2 Å². The molecule has 0 bridgehead atoms. The average molecular weight is 302 g/mol. The van der Waals surface area contributed by atoms with E-state index in [1.165, 1.54) is 12.1 Å². The van der Waals surface area contributed by atoms with E-state index in [1.807, 2.05) is 0 Å². The summed E-state index contributed by atoms with van der Waals surface area (Å²) in [4.78, 5) is 3.65. The van der Waals surface area contributed by atoms with Gasteiger partial charge in [-0.1, -0.05) is 23.2 Å². The zero-order valence-electron chi connectivity index (χ0n) is 9.39. The van der Waals surface area contributed by atoms with Crippen molar-refractivity contribution < 1.29 is 9.94 Å². The summed E-state index contributed by atoms with van der Waals surface area (Å²) in [5.74, 6) is -0.128. The van der Waals surface area contributed by atoms with E-state index in [2.05, 4.69) is 4.98 Å². The zero-order valence-corrected chi connectivity index (χ0v) is 10.9. The van der Waals surface area contributed by atoms with Crippen LogP contribution in [0.2, 0.25) is 10.0 Å². The molecule has 1 heterocycles. The highest BCUT2D eigenvalue weighted by Crippen LogP contribution is 2.33. The van der Waals surface area contributed by atoms with Gasteiger partial charge in [0.25, 0.3) is 5.62 Å². The number of nitrogen functional groups attached to an aromatic ring is 2. The number of hydrogen-bond donors (Lipinski definition) is 4. The second-order valence-electron chi connectivity index (χ2n) is 3.53. The van der Waals surface area contributed by atoms with Gasteiger partial charge in [-0.2, -0.15) is 4.98 Å². The fourth-order valence-electron chi connectivity index (χ4n) is 1.28. The Morgan fingerprint density at radius 3 is 2.63 bits per heavy atom. The maximum absolute atomic E-state index is 9.33. The number of rotatable bonds is 2. The molecule has 1 aromatic heterocycles. The molecule has 100 valence electrons. The van der Waals surface area contributed by atoms with Crippen LogP contribution >= 0.6 is 23.2 Å². The van der Waals surface area contributed by atoms with E-state index in [1.54, 1.807) is 6.07 Å². The summed E-state index contributed by atoms with van der Waals surface area (Å²) in [7, 11) is 0. The van der Waals surface area contributed by atoms with Gasteiger partial charge in [-0.25, -0.2) is 0 Å². The van der Waals surface area contributed by atoms with Crippen molar-refractivity contribution in [3.05, 3.63) is 33.9 Å². The number of nitrogens with two attached hydrogens (primary N) is 2. The fraction of sp³-hybridized carbons (Fsp3) is 0. The van der Waals surface area contributed by atoms with Crippen LogP contribution in [0.4, 0.5) is 11.5 Å². The van der Waals surface area contributed by atoms with Crippen LogP contribution in [-0.4, -0.2) is 14.9 Å². The molecule has 0 spiro atoms. The van der Waals surface area contributed by atoms with Crippen LogP contribution in [0.15, 0.2) is 18.2 Å². The number of hydrogen-bond acceptors (Lipinski definition) is 6. The maximum atomic E-state index is 9.33. The Balaban J connectivity index is 2.47. The summed E-state index contributed by atoms with van der Waals surface area (Å²) in [5, 5.41) is 17.4. The molecule has 0 saturated heterocycles. The Labute approximate surface area is 117 Å². The highest BCUT2D eigenvalue weighted by atomic mass is 35.5. The number of ether oxygens (including phenoxy) is 1. The molecule has 0 aliphatic rings. The summed E-state index contributed by atoms with van der Waals surface area (Å²) < 4.78 is 5.70. The molecule has 6 N–H and O–H groups in total. The van der Waals surface area contributed by atoms with Gasteiger partial charge in [-0.15, -0.1) is 4.73 Å². The fourth-order valence-corrected chi connectivity index (χ4v) is 1.73. The van der Waals surface area contributed by atoms with Crippen LogP contribution in [0.5, 0.6) is 11.6 Å². The number of anilines is 2. The second-order valence-corrected chi connectivity index (χ2v) is 4.37. The first-order valence-electron chi connectivity index (χ1n) is 4.95. The molecule has 0 saturated carbocycles. The summed E-state index contributed by atoms with van der Waals surface area (Å²) in [5.41, 5.74) is 10.5. The molecule has 19 heavy (non-hydrogen) atoms. The van der Waals surface area contributed by atoms with Crippen molar-refractivity contribution in [2.75, 3.05) is 11.5 Å². The van der Waals surface area contributed by atoms with E-state index in [0.29, 0.717) is 9.75 Å². The van der Waals surface area contributed by atoms with Crippen LogP contribution in [0.25, 0.3) is 0 Å². The van der Waals surface area contributed by atoms with Crippen molar-refractivity contribution in [2.24, 2.45) is 0 Å². The first kappa shape index (κ1) is 13.3. The smallest absolute Gasteiger partial charge is 0.261 e. The third kappa shape index (κ3) is 2.51. The van der Waals surface area contributed by atoms with Crippen LogP contribution in [0.3, 0.4) is 0 Å². The molecule has 0 atom stereocenters. The molecule has 0 radical (unpaired) electrons. The van der Waals surface area contributed by atoms with Crippen LogP contribution in [0.1, 0.15) is 0 Å². The first-order chi connectivity index (χ1) is 8.90. The SMILES string of the molecule is N=c1nc(Oc2ccc(Cl)cc2Cl)c(N)c(N)n1O. The van der Waals surface area contributed by atoms with Gasteiger partial charge < -0.3 is 21.4 Å². The lowest BCUT2D eigenvalue weighted by Gasteiger charge is -2.11. The Hall–Kier alpha value is -2.12. The zero-order chi connectivity index (χ0) is 14.2. The van der Waals surface area contributed by atoms with Gasteiger partial charge in [0.1, 0.15) is 11.4 Å². The summed E-state index contributed by atoms with van der Waals surface area (Å²) in [6.07, 6.45) is 0. The van der Waals surface area contributed by atoms with Crippen molar-refractivity contribution in [3.63, 3.8) is 0 Å². The van der Waals surface area contributed by atoms with Gasteiger partial charge in [-0.05, 0) is 18.2 Å². The van der Waals surface area contributed by atoms with Crippen molar-refractivity contribution >= 4 is 34.7 Å². The van der Waals surface area contributed by atoms with Crippen molar-refractivity contribution in [3.8, 4) is 11.6 Å². The van der Waals surface area contributed by atoms with Crippen molar-refractivity contribution in [1.82, 2.24) is 9.71 Å². The van der Waals surface area contributed by atoms with E-state index < -0.39 is 5.62 Å². The van der Waals surface area contributed by atoms with Gasteiger partial charge in [-0.3, -0.25) is 5.41 Å². The lowest BCUT2D eigenvalue weighted by molar-refractivity contribution is 0.170. The van der Waals surface area contributed by atoms with E-state index in [0.717, 1.165) is 0 Å². The number of halogens is 2. The Morgan fingerprint density at radius 2 is 2.00 bits per heavy atom. The molecule has 2 aromatic rings. The Morgan fingerprint density at radius 1 is 1.32 bits per heavy atom. The third-order valence-electron chi connectivity index (χ3n) is 2.24. The molecule has 2 rings (SSSR count). The number of benzene rings is 1. The average Bonchev–Trinajstić information content (AvgIpc) is 2.36. The maximum Gasteiger partial charge on any atom is 0.261 e. The van der Waals surface area contributed by atoms with E-state index >= 15 is 0 Å². The lowest BCUT2D eigenvalue weighted by atomic mass is 10.3. The summed E-state index contributed by atoms with van der Waals surface area (Å²) in [6.45, 7) is 0. The highest BCUT2D eigenvalue weighted by molar-refractivity contribution is 6.35. The highest BCUT2D eigenvalue weighted by Gasteiger charge is 2.14. The topological polar surface area (TPSA) is 123 Å². The van der Waals surface area contributed by atoms with Crippen molar-refractivity contribution in [2.45, 2.75) is 0 Å². The summed E-state index contributed by atoms with van der Waals surface area (Å²) in [6, 6.07) is 4.57. The molecule has 1 aromatic carbocycles. The van der Waals surface area contributed by atoms with Gasteiger partial charge in [0, 0.05) is 5.02 Å². The molecule has 0 amide bonds. The molecule has 7 nitrogen and oxygen atoms in total. The quantitative estimate of drug-likeness (QED) is 0.630. The molecule has 0 aliphatic heterocycles. The van der Waals surface area contributed by atoms with Gasteiger partial charge in [0.15, 0.2) is 5.82 Å². The van der Waals surface area contributed by atoms with Crippen LogP contribution in [-0.2, 0) is 0 Å². The van der Waals surface area contributed by atoms with Crippen LogP contribution in [0, 0.1) is 5.41 Å². The minimum absolute atomic E-state index is 0.107. The number of nitrogens with zero attached hydrogens (tertiary/aromatic N) is 2. The minimum Gasteiger partial charge on any atom is -0.435 e. The van der Waals surface area contributed by atoms with E-state index in [4.69, 9.17) is 44.8 Å².